The molecule has 0 aromatic carbocycles. The first-order valence-corrected chi connectivity index (χ1v) is 2.94. The first-order valence-electron chi connectivity index (χ1n) is 2.94. The molecule has 9 heavy (non-hydrogen) atoms. The maximum atomic E-state index is 5.42. The van der Waals surface area contributed by atoms with E-state index >= 15 is 0 Å². The van der Waals surface area contributed by atoms with Gasteiger partial charge in [0.15, 0.2) is 0 Å². The van der Waals surface area contributed by atoms with Crippen LogP contribution in [0.3, 0.4) is 0 Å². The Bertz CT molecular complexity index is 183. The summed E-state index contributed by atoms with van der Waals surface area (Å²) >= 11 is 0. The van der Waals surface area contributed by atoms with Gasteiger partial charge in [0, 0.05) is 11.9 Å². The molecule has 1 aromatic rings. The summed E-state index contributed by atoms with van der Waals surface area (Å²) in [7, 11) is 0. The Morgan fingerprint density at radius 3 is 2.56 bits per heavy atom. The second kappa shape index (κ2) is 2.19. The molecule has 0 atom stereocenters. The number of hydrogen-bond donors (Lipinski definition) is 1. The topological polar surface area (TPSA) is 43.8 Å². The highest BCUT2D eigenvalue weighted by molar-refractivity contribution is 5.00. The summed E-state index contributed by atoms with van der Waals surface area (Å²) < 4.78 is 1.96. The van der Waals surface area contributed by atoms with Gasteiger partial charge in [-0.1, -0.05) is 0 Å². The second-order valence-corrected chi connectivity index (χ2v) is 2.06. The fourth-order valence-electron chi connectivity index (χ4n) is 0.858. The molecule has 0 amide bonds. The second-order valence-electron chi connectivity index (χ2n) is 2.06. The van der Waals surface area contributed by atoms with Crippen LogP contribution in [-0.4, -0.2) is 9.55 Å². The van der Waals surface area contributed by atoms with E-state index in [4.69, 9.17) is 5.73 Å². The van der Waals surface area contributed by atoms with Crippen LogP contribution in [0.15, 0.2) is 6.20 Å². The Balaban J connectivity index is 3.07. The van der Waals surface area contributed by atoms with Crippen molar-refractivity contribution in [1.82, 2.24) is 9.55 Å². The van der Waals surface area contributed by atoms with E-state index in [1.54, 1.807) is 0 Å². The van der Waals surface area contributed by atoms with E-state index in [0.29, 0.717) is 6.67 Å². The van der Waals surface area contributed by atoms with Crippen molar-refractivity contribution in [2.45, 2.75) is 20.5 Å². The third kappa shape index (κ3) is 0.954. The highest BCUT2D eigenvalue weighted by Crippen LogP contribution is 1.99. The lowest BCUT2D eigenvalue weighted by Crippen LogP contribution is -2.09. The molecule has 1 aromatic heterocycles. The molecular formula is C6H11N3. The lowest BCUT2D eigenvalue weighted by atomic mass is 10.5. The van der Waals surface area contributed by atoms with Gasteiger partial charge < -0.3 is 10.3 Å². The van der Waals surface area contributed by atoms with Crippen LogP contribution < -0.4 is 5.73 Å². The van der Waals surface area contributed by atoms with Crippen molar-refractivity contribution in [3.63, 3.8) is 0 Å². The predicted molar refractivity (Wildman–Crippen MR) is 35.9 cm³/mol. The summed E-state index contributed by atoms with van der Waals surface area (Å²) in [5, 5.41) is 0. The molecule has 0 aliphatic carbocycles. The van der Waals surface area contributed by atoms with Crippen molar-refractivity contribution in [1.29, 1.82) is 0 Å². The Kier molecular flexibility index (Phi) is 1.53. The van der Waals surface area contributed by atoms with Crippen LogP contribution in [0.2, 0.25) is 0 Å². The molecule has 0 bridgehead atoms. The molecule has 0 fully saturated rings. The summed E-state index contributed by atoms with van der Waals surface area (Å²) in [6, 6.07) is 0. The molecular weight excluding hydrogens is 114 g/mol. The van der Waals surface area contributed by atoms with Gasteiger partial charge in [-0.05, 0) is 13.8 Å². The molecule has 50 valence electrons. The number of aromatic nitrogens is 2. The Morgan fingerprint density at radius 1 is 1.67 bits per heavy atom. The van der Waals surface area contributed by atoms with Gasteiger partial charge >= 0.3 is 0 Å². The third-order valence-electron chi connectivity index (χ3n) is 1.44. The number of imidazole rings is 1. The molecule has 1 heterocycles. The first kappa shape index (κ1) is 6.29. The summed E-state index contributed by atoms with van der Waals surface area (Å²) in [5.41, 5.74) is 6.54. The monoisotopic (exact) mass is 125 g/mol. The maximum Gasteiger partial charge on any atom is 0.106 e. The smallest absolute Gasteiger partial charge is 0.106 e. The van der Waals surface area contributed by atoms with Crippen LogP contribution in [0, 0.1) is 13.8 Å². The van der Waals surface area contributed by atoms with Crippen LogP contribution in [-0.2, 0) is 6.67 Å². The zero-order valence-corrected chi connectivity index (χ0v) is 5.76. The normalized spacial score (nSPS) is 10.1. The van der Waals surface area contributed by atoms with E-state index in [1.165, 1.54) is 0 Å². The molecule has 0 saturated heterocycles. The van der Waals surface area contributed by atoms with Gasteiger partial charge in [0.1, 0.15) is 5.82 Å². The van der Waals surface area contributed by atoms with Crippen molar-refractivity contribution in [2.75, 3.05) is 0 Å². The van der Waals surface area contributed by atoms with Gasteiger partial charge in [0.25, 0.3) is 0 Å². The largest absolute Gasteiger partial charge is 0.320 e. The van der Waals surface area contributed by atoms with E-state index in [9.17, 15) is 0 Å². The molecule has 0 radical (unpaired) electrons. The Morgan fingerprint density at radius 2 is 2.33 bits per heavy atom. The van der Waals surface area contributed by atoms with E-state index in [-0.39, 0.29) is 0 Å². The van der Waals surface area contributed by atoms with Crippen molar-refractivity contribution < 1.29 is 0 Å². The SMILES string of the molecule is Cc1cnc(C)n1CN. The lowest BCUT2D eigenvalue weighted by molar-refractivity contribution is 0.684. The molecule has 3 nitrogen and oxygen atoms in total. The highest BCUT2D eigenvalue weighted by atomic mass is 15.1. The molecule has 0 unspecified atom stereocenters. The van der Waals surface area contributed by atoms with Crippen LogP contribution in [0.1, 0.15) is 11.5 Å². The van der Waals surface area contributed by atoms with Gasteiger partial charge in [-0.2, -0.15) is 0 Å². The Labute approximate surface area is 54.5 Å². The summed E-state index contributed by atoms with van der Waals surface area (Å²) in [6.45, 7) is 4.46. The Hall–Kier alpha value is -0.830. The van der Waals surface area contributed by atoms with Gasteiger partial charge in [0.05, 0.1) is 6.67 Å². The zero-order valence-electron chi connectivity index (χ0n) is 5.76. The van der Waals surface area contributed by atoms with Gasteiger partial charge in [-0.25, -0.2) is 4.98 Å². The zero-order chi connectivity index (χ0) is 6.85. The summed E-state index contributed by atoms with van der Waals surface area (Å²) in [6.07, 6.45) is 1.82. The minimum atomic E-state index is 0.525. The summed E-state index contributed by atoms with van der Waals surface area (Å²) in [4.78, 5) is 4.07. The van der Waals surface area contributed by atoms with Crippen LogP contribution in [0.4, 0.5) is 0 Å². The molecule has 0 saturated carbocycles. The fraction of sp³-hybridized carbons (Fsp3) is 0.500. The molecule has 2 N–H and O–H groups in total. The summed E-state index contributed by atoms with van der Waals surface area (Å²) in [5.74, 6) is 0.981. The number of rotatable bonds is 1. The minimum absolute atomic E-state index is 0.525. The highest BCUT2D eigenvalue weighted by Gasteiger charge is 1.96. The van der Waals surface area contributed by atoms with Crippen LogP contribution >= 0.6 is 0 Å². The van der Waals surface area contributed by atoms with Crippen molar-refractivity contribution >= 4 is 0 Å². The van der Waals surface area contributed by atoms with Gasteiger partial charge in [0.2, 0.25) is 0 Å². The molecule has 0 aliphatic rings. The molecule has 0 spiro atoms. The van der Waals surface area contributed by atoms with E-state index in [2.05, 4.69) is 4.98 Å². The minimum Gasteiger partial charge on any atom is -0.320 e. The maximum absolute atomic E-state index is 5.42. The van der Waals surface area contributed by atoms with Crippen LogP contribution in [0.5, 0.6) is 0 Å². The number of nitrogens with zero attached hydrogens (tertiary/aromatic N) is 2. The van der Waals surface area contributed by atoms with E-state index in [1.807, 2.05) is 24.6 Å². The number of aryl methyl sites for hydroxylation is 2. The number of hydrogen-bond acceptors (Lipinski definition) is 2. The third-order valence-corrected chi connectivity index (χ3v) is 1.44. The van der Waals surface area contributed by atoms with Crippen molar-refractivity contribution in [3.05, 3.63) is 17.7 Å². The van der Waals surface area contributed by atoms with E-state index in [0.717, 1.165) is 11.5 Å². The van der Waals surface area contributed by atoms with Gasteiger partial charge in [-0.15, -0.1) is 0 Å². The fourth-order valence-corrected chi connectivity index (χ4v) is 0.858. The first-order chi connectivity index (χ1) is 4.25. The quantitative estimate of drug-likeness (QED) is 0.591. The molecule has 3 heteroatoms. The van der Waals surface area contributed by atoms with Gasteiger partial charge in [-0.3, -0.25) is 0 Å². The number of nitrogens with two attached hydrogens (primary N) is 1. The average molecular weight is 125 g/mol. The lowest BCUT2D eigenvalue weighted by Gasteiger charge is -2.00. The van der Waals surface area contributed by atoms with Crippen molar-refractivity contribution in [3.8, 4) is 0 Å². The van der Waals surface area contributed by atoms with Crippen molar-refractivity contribution in [2.24, 2.45) is 5.73 Å². The molecule has 1 rings (SSSR count). The van der Waals surface area contributed by atoms with Crippen LogP contribution in [0.25, 0.3) is 0 Å². The van der Waals surface area contributed by atoms with E-state index < -0.39 is 0 Å². The molecule has 0 aliphatic heterocycles. The standard InChI is InChI=1S/C6H11N3/c1-5-3-8-6(2)9(5)4-7/h3H,4,7H2,1-2H3. The predicted octanol–water partition coefficient (Wildman–Crippen LogP) is 0.416. The average Bonchev–Trinajstić information content (AvgIpc) is 2.12.